The molecule has 1 saturated heterocycles. The number of unbranched alkanes of at least 4 members (excludes halogenated alkanes) is 2. The summed E-state index contributed by atoms with van der Waals surface area (Å²) in [5.41, 5.74) is -7.87. The van der Waals surface area contributed by atoms with Crippen LogP contribution in [0.2, 0.25) is 0 Å². The number of aliphatic hydroxyl groups excluding tert-OH is 3. The van der Waals surface area contributed by atoms with E-state index < -0.39 is 119 Å². The van der Waals surface area contributed by atoms with Crippen LogP contribution < -0.4 is 5.32 Å². The van der Waals surface area contributed by atoms with E-state index in [1.165, 1.54) is 26.0 Å². The van der Waals surface area contributed by atoms with Gasteiger partial charge in [-0.3, -0.25) is 9.59 Å². The molecule has 5 N–H and O–H groups in total. The number of benzene rings is 1. The number of ether oxygens (including phenoxy) is 6. The number of fused-ring (bicyclic) bond motifs is 5. The summed E-state index contributed by atoms with van der Waals surface area (Å²) in [5.74, 6) is -5.07. The molecule has 2 saturated carbocycles. The van der Waals surface area contributed by atoms with Gasteiger partial charge in [0.25, 0.3) is 0 Å². The first-order chi connectivity index (χ1) is 27.8. The lowest BCUT2D eigenvalue weighted by Gasteiger charge is -2.69. The minimum atomic E-state index is -2.33. The van der Waals surface area contributed by atoms with Gasteiger partial charge < -0.3 is 54.2 Å². The van der Waals surface area contributed by atoms with E-state index >= 15 is 0 Å². The second-order valence-electron chi connectivity index (χ2n) is 18.6. The summed E-state index contributed by atoms with van der Waals surface area (Å²) in [7, 11) is 0. The van der Waals surface area contributed by atoms with Crippen LogP contribution in [-0.2, 0) is 42.8 Å². The normalized spacial score (nSPS) is 34.1. The van der Waals surface area contributed by atoms with Crippen molar-refractivity contribution in [1.82, 2.24) is 5.32 Å². The van der Waals surface area contributed by atoms with Crippen molar-refractivity contribution >= 4 is 30.0 Å². The minimum Gasteiger partial charge on any atom is -0.456 e. The molecule has 3 aliphatic carbocycles. The standard InChI is InChI=1S/C44H63NO15/c1-11-12-14-19-27(45-39(53)60-40(5,6)7)32(49)38(52)57-28-21-44(54)36(58-37(51)26-17-15-13-16-18-26)34-42(10,29(48)20-30-43(34,22-55-30)59-25(4)47)35(50)33(56-24(3)46)31(23(28)2)41(44,8)9/h13,15-18,27-30,32-36,48-50,54H,11-12,14,19-22H2,1-10H3,(H,45,53)/t27-,28-,29-,30+,32+,33+,34-,35-,36-,42+,43-,44+/m0/s1. The molecule has 1 aliphatic heterocycles. The Bertz CT molecular complexity index is 1820. The molecule has 1 amide bonds. The molecule has 3 fully saturated rings. The fraction of sp³-hybridized carbons (Fsp3) is 0.705. The summed E-state index contributed by atoms with van der Waals surface area (Å²) < 4.78 is 35.8. The Morgan fingerprint density at radius 2 is 1.62 bits per heavy atom. The van der Waals surface area contributed by atoms with Crippen molar-refractivity contribution in [1.29, 1.82) is 0 Å². The zero-order chi connectivity index (χ0) is 44.7. The van der Waals surface area contributed by atoms with Crippen molar-refractivity contribution in [3.8, 4) is 0 Å². The zero-order valence-electron chi connectivity index (χ0n) is 36.3. The minimum absolute atomic E-state index is 0.0979. The van der Waals surface area contributed by atoms with Crippen LogP contribution in [0.5, 0.6) is 0 Å². The lowest BCUT2D eigenvalue weighted by Crippen LogP contribution is -2.82. The highest BCUT2D eigenvalue weighted by Gasteiger charge is 2.78. The van der Waals surface area contributed by atoms with Crippen molar-refractivity contribution in [3.63, 3.8) is 0 Å². The third-order valence-electron chi connectivity index (χ3n) is 13.1. The Kier molecular flexibility index (Phi) is 13.6. The summed E-state index contributed by atoms with van der Waals surface area (Å²) in [6.45, 7) is 15.3. The fourth-order valence-electron chi connectivity index (χ4n) is 10.0. The summed E-state index contributed by atoms with van der Waals surface area (Å²) in [4.78, 5) is 67.2. The Balaban J connectivity index is 1.70. The molecule has 1 heterocycles. The number of hydrogen-bond donors (Lipinski definition) is 5. The number of carbonyl (C=O) groups is 5. The van der Waals surface area contributed by atoms with Gasteiger partial charge in [-0.2, -0.15) is 0 Å². The van der Waals surface area contributed by atoms with E-state index in [0.29, 0.717) is 6.42 Å². The molecule has 16 heteroatoms. The zero-order valence-corrected chi connectivity index (χ0v) is 36.3. The van der Waals surface area contributed by atoms with Gasteiger partial charge in [0.05, 0.1) is 30.2 Å². The Morgan fingerprint density at radius 1 is 0.967 bits per heavy atom. The van der Waals surface area contributed by atoms with Crippen molar-refractivity contribution in [2.24, 2.45) is 16.7 Å². The summed E-state index contributed by atoms with van der Waals surface area (Å²) in [6, 6.07) is 6.79. The molecule has 16 nitrogen and oxygen atoms in total. The topological polar surface area (TPSA) is 234 Å². The number of nitrogens with one attached hydrogen (secondary N) is 1. The first-order valence-electron chi connectivity index (χ1n) is 20.8. The summed E-state index contributed by atoms with van der Waals surface area (Å²) in [5, 5.41) is 52.6. The van der Waals surface area contributed by atoms with Crippen LogP contribution in [0.15, 0.2) is 41.5 Å². The van der Waals surface area contributed by atoms with E-state index in [1.807, 2.05) is 6.92 Å². The molecule has 60 heavy (non-hydrogen) atoms. The van der Waals surface area contributed by atoms with E-state index in [-0.39, 0.29) is 36.2 Å². The van der Waals surface area contributed by atoms with Crippen molar-refractivity contribution < 1.29 is 72.8 Å². The second kappa shape index (κ2) is 17.3. The predicted molar refractivity (Wildman–Crippen MR) is 213 cm³/mol. The van der Waals surface area contributed by atoms with Crippen LogP contribution >= 0.6 is 0 Å². The number of carbonyl (C=O) groups excluding carboxylic acids is 5. The van der Waals surface area contributed by atoms with E-state index in [0.717, 1.165) is 19.8 Å². The van der Waals surface area contributed by atoms with E-state index in [1.54, 1.807) is 59.7 Å². The van der Waals surface area contributed by atoms with E-state index in [2.05, 4.69) is 5.32 Å². The van der Waals surface area contributed by atoms with Crippen LogP contribution in [-0.4, -0.2) is 123 Å². The van der Waals surface area contributed by atoms with Crippen LogP contribution in [0.25, 0.3) is 0 Å². The molecule has 0 aromatic heterocycles. The van der Waals surface area contributed by atoms with Gasteiger partial charge in [-0.05, 0) is 57.4 Å². The SMILES string of the molecule is CCCCC[C@H](NC(=O)OC(C)(C)C)[C@@H](O)C(=O)O[C@H]1C[C@@]2(O)[C@@H](OC(=O)c3ccccc3)[C@@H]3[C@]4(OC(C)=O)CO[C@@H]4C[C@H](O)[C@@]3(C)[C@@H](O)[C@H](OC(C)=O)C(=C1C)C2(C)C. The van der Waals surface area contributed by atoms with Gasteiger partial charge in [0.1, 0.15) is 35.6 Å². The molecule has 1 aromatic carbocycles. The van der Waals surface area contributed by atoms with Crippen molar-refractivity contribution in [2.45, 2.75) is 173 Å². The van der Waals surface area contributed by atoms with Crippen molar-refractivity contribution in [2.75, 3.05) is 6.61 Å². The lowest BCUT2D eigenvalue weighted by molar-refractivity contribution is -0.365. The maximum absolute atomic E-state index is 14.2. The smallest absolute Gasteiger partial charge is 0.407 e. The average Bonchev–Trinajstić information content (AvgIpc) is 3.14. The Labute approximate surface area is 351 Å². The maximum Gasteiger partial charge on any atom is 0.407 e. The molecule has 0 spiro atoms. The molecular weight excluding hydrogens is 782 g/mol. The van der Waals surface area contributed by atoms with Crippen LogP contribution in [0.1, 0.15) is 118 Å². The average molecular weight is 846 g/mol. The first kappa shape index (κ1) is 47.0. The lowest BCUT2D eigenvalue weighted by atomic mass is 9.44. The molecule has 12 atom stereocenters. The van der Waals surface area contributed by atoms with Gasteiger partial charge in [0.15, 0.2) is 17.8 Å². The molecule has 4 aliphatic rings. The van der Waals surface area contributed by atoms with Gasteiger partial charge in [0.2, 0.25) is 0 Å². The van der Waals surface area contributed by atoms with Crippen LogP contribution in [0.4, 0.5) is 4.79 Å². The van der Waals surface area contributed by atoms with Crippen LogP contribution in [0.3, 0.4) is 0 Å². The highest BCUT2D eigenvalue weighted by atomic mass is 16.6. The summed E-state index contributed by atoms with van der Waals surface area (Å²) in [6.07, 6.45) is -10.1. The molecular formula is C44H63NO15. The van der Waals surface area contributed by atoms with Gasteiger partial charge in [-0.25, -0.2) is 14.4 Å². The highest BCUT2D eigenvalue weighted by molar-refractivity contribution is 5.89. The molecule has 1 aromatic rings. The Hall–Kier alpha value is -4.09. The van der Waals surface area contributed by atoms with Gasteiger partial charge in [-0.1, -0.05) is 65.2 Å². The quantitative estimate of drug-likeness (QED) is 0.0871. The monoisotopic (exact) mass is 845 g/mol. The van der Waals surface area contributed by atoms with E-state index in [9.17, 15) is 44.4 Å². The molecule has 0 unspecified atom stereocenters. The predicted octanol–water partition coefficient (Wildman–Crippen LogP) is 3.83. The van der Waals surface area contributed by atoms with Gasteiger partial charge in [0, 0.05) is 37.5 Å². The largest absolute Gasteiger partial charge is 0.456 e. The second-order valence-corrected chi connectivity index (χ2v) is 18.6. The number of alkyl carbamates (subject to hydrolysis) is 1. The third-order valence-corrected chi connectivity index (χ3v) is 13.1. The van der Waals surface area contributed by atoms with Gasteiger partial charge >= 0.3 is 30.0 Å². The number of amides is 1. The van der Waals surface area contributed by atoms with Gasteiger partial charge in [-0.15, -0.1) is 0 Å². The number of hydrogen-bond acceptors (Lipinski definition) is 15. The number of aliphatic hydroxyl groups is 4. The third kappa shape index (κ3) is 8.54. The highest BCUT2D eigenvalue weighted by Crippen LogP contribution is 2.65. The molecule has 0 radical (unpaired) electrons. The maximum atomic E-state index is 14.2. The first-order valence-corrected chi connectivity index (χ1v) is 20.8. The van der Waals surface area contributed by atoms with E-state index in [4.69, 9.17) is 28.4 Å². The summed E-state index contributed by atoms with van der Waals surface area (Å²) >= 11 is 0. The number of rotatable bonds is 12. The molecule has 5 rings (SSSR count). The van der Waals surface area contributed by atoms with Crippen LogP contribution in [0, 0.1) is 16.7 Å². The molecule has 2 bridgehead atoms. The number of esters is 4. The molecule has 334 valence electrons. The fourth-order valence-corrected chi connectivity index (χ4v) is 10.0. The van der Waals surface area contributed by atoms with Crippen molar-refractivity contribution in [3.05, 3.63) is 47.0 Å². The Morgan fingerprint density at radius 3 is 2.17 bits per heavy atom.